The minimum atomic E-state index is 0. The molecule has 1 N–H and O–H groups in total. The monoisotopic (exact) mass is 576 g/mol. The van der Waals surface area contributed by atoms with E-state index in [9.17, 15) is 4.79 Å². The zero-order valence-corrected chi connectivity index (χ0v) is 24.1. The number of aliphatic imine (C=N–C) groups is 1. The molecule has 33 heavy (non-hydrogen) atoms. The molecular formula is C25H49IN6O. The second-order valence-electron chi connectivity index (χ2n) is 11.1. The first-order valence-corrected chi connectivity index (χ1v) is 13.0. The number of nitrogens with one attached hydrogen (secondary N) is 1. The van der Waals surface area contributed by atoms with Crippen molar-refractivity contribution in [2.45, 2.75) is 47.0 Å². The van der Waals surface area contributed by atoms with Crippen LogP contribution in [0.1, 0.15) is 47.0 Å². The van der Waals surface area contributed by atoms with Gasteiger partial charge in [0.1, 0.15) is 0 Å². The van der Waals surface area contributed by atoms with Crippen molar-refractivity contribution in [1.29, 1.82) is 0 Å². The third-order valence-corrected chi connectivity index (χ3v) is 7.24. The summed E-state index contributed by atoms with van der Waals surface area (Å²) in [5.74, 6) is 4.01. The smallest absolute Gasteiger partial charge is 0.236 e. The third-order valence-electron chi connectivity index (χ3n) is 7.24. The van der Waals surface area contributed by atoms with Crippen molar-refractivity contribution < 1.29 is 4.79 Å². The SMILES string of the molecule is CN=C(NCC1CCCN(CC(C)C)C1)N1CCN(CC(=O)N2CC(C)CC(C)C2)CC1.I. The second-order valence-corrected chi connectivity index (χ2v) is 11.1. The van der Waals surface area contributed by atoms with Gasteiger partial charge in [-0.2, -0.15) is 0 Å². The van der Waals surface area contributed by atoms with Crippen LogP contribution in [0.15, 0.2) is 4.99 Å². The Bertz CT molecular complexity index is 612. The van der Waals surface area contributed by atoms with Crippen LogP contribution in [-0.2, 0) is 4.79 Å². The molecule has 3 aliphatic heterocycles. The summed E-state index contributed by atoms with van der Waals surface area (Å²) in [4.78, 5) is 26.8. The molecule has 3 saturated heterocycles. The summed E-state index contributed by atoms with van der Waals surface area (Å²) in [6, 6.07) is 0. The number of guanidine groups is 1. The van der Waals surface area contributed by atoms with Crippen molar-refractivity contribution in [3.63, 3.8) is 0 Å². The molecule has 0 aromatic carbocycles. The molecule has 8 heteroatoms. The molecule has 1 amide bonds. The van der Waals surface area contributed by atoms with Crippen LogP contribution in [0.5, 0.6) is 0 Å². The van der Waals surface area contributed by atoms with Gasteiger partial charge >= 0.3 is 0 Å². The van der Waals surface area contributed by atoms with Crippen molar-refractivity contribution in [1.82, 2.24) is 24.9 Å². The number of carbonyl (C=O) groups excluding carboxylic acids is 1. The highest BCUT2D eigenvalue weighted by atomic mass is 127. The molecule has 0 saturated carbocycles. The van der Waals surface area contributed by atoms with E-state index in [1.165, 1.54) is 38.9 Å². The third kappa shape index (κ3) is 9.17. The Morgan fingerprint density at radius 3 is 2.24 bits per heavy atom. The van der Waals surface area contributed by atoms with E-state index in [1.54, 1.807) is 0 Å². The van der Waals surface area contributed by atoms with Gasteiger partial charge in [0, 0.05) is 66.0 Å². The molecule has 0 radical (unpaired) electrons. The number of amides is 1. The lowest BCUT2D eigenvalue weighted by molar-refractivity contribution is -0.135. The molecule has 0 bridgehead atoms. The number of piperazine rings is 1. The average molecular weight is 577 g/mol. The number of rotatable bonds is 6. The summed E-state index contributed by atoms with van der Waals surface area (Å²) >= 11 is 0. The number of piperidine rings is 2. The van der Waals surface area contributed by atoms with Gasteiger partial charge in [-0.15, -0.1) is 24.0 Å². The zero-order valence-electron chi connectivity index (χ0n) is 21.8. The van der Waals surface area contributed by atoms with Gasteiger partial charge in [-0.3, -0.25) is 14.7 Å². The number of nitrogens with zero attached hydrogens (tertiary/aromatic N) is 5. The van der Waals surface area contributed by atoms with Gasteiger partial charge in [0.15, 0.2) is 5.96 Å². The second kappa shape index (κ2) is 14.1. The van der Waals surface area contributed by atoms with Gasteiger partial charge < -0.3 is 20.0 Å². The first-order valence-electron chi connectivity index (χ1n) is 13.0. The molecule has 0 aromatic heterocycles. The zero-order chi connectivity index (χ0) is 23.1. The summed E-state index contributed by atoms with van der Waals surface area (Å²) < 4.78 is 0. The number of carbonyl (C=O) groups is 1. The highest BCUT2D eigenvalue weighted by molar-refractivity contribution is 14.0. The van der Waals surface area contributed by atoms with Gasteiger partial charge in [0.25, 0.3) is 0 Å². The first kappa shape index (κ1) is 28.6. The summed E-state index contributed by atoms with van der Waals surface area (Å²) in [7, 11) is 1.89. The highest BCUT2D eigenvalue weighted by Crippen LogP contribution is 2.21. The average Bonchev–Trinajstić information content (AvgIpc) is 2.74. The lowest BCUT2D eigenvalue weighted by atomic mass is 9.92. The van der Waals surface area contributed by atoms with E-state index in [0.29, 0.717) is 30.2 Å². The van der Waals surface area contributed by atoms with E-state index in [1.807, 2.05) is 7.05 Å². The van der Waals surface area contributed by atoms with Crippen LogP contribution in [0.25, 0.3) is 0 Å². The lowest BCUT2D eigenvalue weighted by Crippen LogP contribution is -2.55. The standard InChI is InChI=1S/C25H48N6O.HI/c1-20(2)15-29-8-6-7-23(18-29)14-27-25(26-5)30-11-9-28(10-12-30)19-24(32)31-16-21(3)13-22(4)17-31;/h20-23H,6-19H2,1-5H3,(H,26,27);1H. The van der Waals surface area contributed by atoms with Crippen LogP contribution in [0.4, 0.5) is 0 Å². The van der Waals surface area contributed by atoms with Crippen LogP contribution in [0, 0.1) is 23.7 Å². The molecule has 3 rings (SSSR count). The Hall–Kier alpha value is -0.610. The Labute approximate surface area is 219 Å². The van der Waals surface area contributed by atoms with Gasteiger partial charge in [0.2, 0.25) is 5.91 Å². The molecule has 3 atom stereocenters. The summed E-state index contributed by atoms with van der Waals surface area (Å²) in [5.41, 5.74) is 0. The molecule has 3 aliphatic rings. The Kier molecular flexibility index (Phi) is 12.2. The molecule has 3 unspecified atom stereocenters. The van der Waals surface area contributed by atoms with E-state index >= 15 is 0 Å². The van der Waals surface area contributed by atoms with E-state index in [0.717, 1.165) is 57.7 Å². The molecule has 0 aromatic rings. The lowest BCUT2D eigenvalue weighted by Gasteiger charge is -2.39. The predicted molar refractivity (Wildman–Crippen MR) is 148 cm³/mol. The summed E-state index contributed by atoms with van der Waals surface area (Å²) in [6.07, 6.45) is 3.85. The van der Waals surface area contributed by atoms with E-state index in [2.05, 4.69) is 57.6 Å². The van der Waals surface area contributed by atoms with Crippen LogP contribution in [0.2, 0.25) is 0 Å². The van der Waals surface area contributed by atoms with Gasteiger partial charge in [0.05, 0.1) is 6.54 Å². The molecule has 7 nitrogen and oxygen atoms in total. The van der Waals surface area contributed by atoms with Crippen molar-refractivity contribution in [2.24, 2.45) is 28.7 Å². The normalized spacial score (nSPS) is 28.1. The number of hydrogen-bond donors (Lipinski definition) is 1. The van der Waals surface area contributed by atoms with Gasteiger partial charge in [-0.05, 0) is 49.5 Å². The van der Waals surface area contributed by atoms with Crippen LogP contribution < -0.4 is 5.32 Å². The number of hydrogen-bond acceptors (Lipinski definition) is 4. The number of halogens is 1. The van der Waals surface area contributed by atoms with Crippen LogP contribution >= 0.6 is 24.0 Å². The Balaban J connectivity index is 0.00000385. The summed E-state index contributed by atoms with van der Waals surface area (Å²) in [5, 5.41) is 3.66. The first-order chi connectivity index (χ1) is 15.3. The maximum atomic E-state index is 12.8. The van der Waals surface area contributed by atoms with Crippen molar-refractivity contribution in [3.05, 3.63) is 0 Å². The fraction of sp³-hybridized carbons (Fsp3) is 0.920. The fourth-order valence-electron chi connectivity index (χ4n) is 5.84. The molecule has 0 aliphatic carbocycles. The van der Waals surface area contributed by atoms with Crippen LogP contribution in [-0.4, -0.2) is 111 Å². The van der Waals surface area contributed by atoms with Crippen LogP contribution in [0.3, 0.4) is 0 Å². The highest BCUT2D eigenvalue weighted by Gasteiger charge is 2.28. The largest absolute Gasteiger partial charge is 0.356 e. The van der Waals surface area contributed by atoms with E-state index in [4.69, 9.17) is 0 Å². The molecule has 3 fully saturated rings. The van der Waals surface area contributed by atoms with Crippen molar-refractivity contribution in [3.8, 4) is 0 Å². The van der Waals surface area contributed by atoms with E-state index in [-0.39, 0.29) is 24.0 Å². The minimum Gasteiger partial charge on any atom is -0.356 e. The topological polar surface area (TPSA) is 54.4 Å². The quantitative estimate of drug-likeness (QED) is 0.300. The van der Waals surface area contributed by atoms with Gasteiger partial charge in [-0.25, -0.2) is 0 Å². The van der Waals surface area contributed by atoms with E-state index < -0.39 is 0 Å². The van der Waals surface area contributed by atoms with Gasteiger partial charge in [-0.1, -0.05) is 27.7 Å². The maximum absolute atomic E-state index is 12.8. The summed E-state index contributed by atoms with van der Waals surface area (Å²) in [6.45, 7) is 20.0. The molecule has 0 spiro atoms. The molecular weight excluding hydrogens is 527 g/mol. The molecule has 3 heterocycles. The fourth-order valence-corrected chi connectivity index (χ4v) is 5.84. The maximum Gasteiger partial charge on any atom is 0.236 e. The van der Waals surface area contributed by atoms with Crippen molar-refractivity contribution >= 4 is 35.8 Å². The number of likely N-dealkylation sites (tertiary alicyclic amines) is 2. The Morgan fingerprint density at radius 1 is 0.970 bits per heavy atom. The predicted octanol–water partition coefficient (Wildman–Crippen LogP) is 2.67. The Morgan fingerprint density at radius 2 is 1.64 bits per heavy atom. The molecule has 192 valence electrons. The van der Waals surface area contributed by atoms with Crippen molar-refractivity contribution in [2.75, 3.05) is 79.0 Å². The minimum absolute atomic E-state index is 0.